The number of hydrogen-bond donors (Lipinski definition) is 1. The lowest BCUT2D eigenvalue weighted by Crippen LogP contribution is -2.72. The molecule has 0 spiro atoms. The summed E-state index contributed by atoms with van der Waals surface area (Å²) in [6.45, 7) is 14.0. The molecule has 1 fully saturated rings. The third-order valence-electron chi connectivity index (χ3n) is 9.75. The number of aliphatic hydroxyl groups excluding tert-OH is 1. The SMILES string of the molecule is [B][C@@H]1O[C@](CO)(CO[Si](c2ccccc2)(c2ccccc2)C(C)(C)C)[C@@H](O[Si](c2ccccc2)(c2ccccc2)C(C)(C)C)[C@@H]1OC(C)=O. The van der Waals surface area contributed by atoms with Crippen molar-refractivity contribution in [2.24, 2.45) is 0 Å². The molecule has 0 aromatic heterocycles. The van der Waals surface area contributed by atoms with Crippen LogP contribution in [0.3, 0.4) is 0 Å². The second kappa shape index (κ2) is 14.5. The first-order valence-corrected chi connectivity index (χ1v) is 20.8. The summed E-state index contributed by atoms with van der Waals surface area (Å²) in [5, 5.41) is 15.0. The molecule has 6 nitrogen and oxygen atoms in total. The number of benzene rings is 4. The maximum atomic E-state index is 12.6. The van der Waals surface area contributed by atoms with Gasteiger partial charge in [-0.25, -0.2) is 0 Å². The van der Waals surface area contributed by atoms with Gasteiger partial charge >= 0.3 is 5.97 Å². The van der Waals surface area contributed by atoms with Gasteiger partial charge < -0.3 is 23.4 Å². The van der Waals surface area contributed by atoms with E-state index in [0.29, 0.717) is 0 Å². The molecule has 9 heteroatoms. The van der Waals surface area contributed by atoms with E-state index in [0.717, 1.165) is 20.7 Å². The van der Waals surface area contributed by atoms with E-state index in [1.54, 1.807) is 0 Å². The Hall–Kier alpha value is -3.31. The number of aliphatic hydroxyl groups is 1. The maximum Gasteiger partial charge on any atom is 0.303 e. The summed E-state index contributed by atoms with van der Waals surface area (Å²) in [4.78, 5) is 12.6. The molecule has 0 saturated carbocycles. The van der Waals surface area contributed by atoms with Crippen LogP contribution in [0.15, 0.2) is 121 Å². The number of ether oxygens (including phenoxy) is 2. The largest absolute Gasteiger partial charge is 0.458 e. The summed E-state index contributed by atoms with van der Waals surface area (Å²) < 4.78 is 27.5. The van der Waals surface area contributed by atoms with Gasteiger partial charge in [0.05, 0.1) is 19.2 Å². The molecule has 4 aromatic rings. The molecule has 0 amide bonds. The maximum absolute atomic E-state index is 12.6. The van der Waals surface area contributed by atoms with Crippen molar-refractivity contribution >= 4 is 51.2 Å². The lowest BCUT2D eigenvalue weighted by Gasteiger charge is -2.49. The van der Waals surface area contributed by atoms with Gasteiger partial charge in [0.25, 0.3) is 16.6 Å². The second-order valence-corrected chi connectivity index (χ2v) is 23.6. The highest BCUT2D eigenvalue weighted by Gasteiger charge is 2.63. The number of carbonyl (C=O) groups excluding carboxylic acids is 1. The molecule has 4 aromatic carbocycles. The van der Waals surface area contributed by atoms with Gasteiger partial charge in [0.15, 0.2) is 0 Å². The van der Waals surface area contributed by atoms with Crippen LogP contribution in [0.1, 0.15) is 48.5 Å². The Balaban J connectivity index is 1.71. The Labute approximate surface area is 295 Å². The zero-order chi connectivity index (χ0) is 35.5. The summed E-state index contributed by atoms with van der Waals surface area (Å²) in [6, 6.07) is 40.0. The molecule has 1 aliphatic heterocycles. The normalized spacial score (nSPS) is 21.8. The van der Waals surface area contributed by atoms with Crippen LogP contribution in [0, 0.1) is 0 Å². The van der Waals surface area contributed by atoms with E-state index in [1.165, 1.54) is 6.92 Å². The van der Waals surface area contributed by atoms with Crippen LogP contribution in [-0.2, 0) is 23.1 Å². The zero-order valence-corrected chi connectivity index (χ0v) is 31.8. The van der Waals surface area contributed by atoms with E-state index in [-0.39, 0.29) is 11.6 Å². The van der Waals surface area contributed by atoms with Crippen molar-refractivity contribution in [2.75, 3.05) is 13.2 Å². The molecular weight excluding hydrogens is 643 g/mol. The number of carbonyl (C=O) groups is 1. The Morgan fingerprint density at radius 3 is 1.41 bits per heavy atom. The van der Waals surface area contributed by atoms with Crippen molar-refractivity contribution in [1.82, 2.24) is 0 Å². The minimum absolute atomic E-state index is 0.0505. The topological polar surface area (TPSA) is 74.2 Å². The van der Waals surface area contributed by atoms with E-state index in [1.807, 2.05) is 72.8 Å². The number of rotatable bonds is 11. The Kier molecular flexibility index (Phi) is 10.9. The molecule has 256 valence electrons. The van der Waals surface area contributed by atoms with E-state index in [9.17, 15) is 9.90 Å². The fourth-order valence-electron chi connectivity index (χ4n) is 7.53. The van der Waals surface area contributed by atoms with E-state index < -0.39 is 58.1 Å². The third-order valence-corrected chi connectivity index (χ3v) is 19.7. The van der Waals surface area contributed by atoms with Crippen molar-refractivity contribution in [2.45, 2.75) is 82.4 Å². The molecule has 0 aliphatic carbocycles. The summed E-state index contributed by atoms with van der Waals surface area (Å²) in [6.07, 6.45) is -1.98. The molecule has 1 aliphatic rings. The third kappa shape index (κ3) is 6.89. The molecule has 1 saturated heterocycles. The van der Waals surface area contributed by atoms with Crippen molar-refractivity contribution in [3.63, 3.8) is 0 Å². The highest BCUT2D eigenvalue weighted by atomic mass is 28.4. The Morgan fingerprint density at radius 1 is 0.714 bits per heavy atom. The predicted molar refractivity (Wildman–Crippen MR) is 202 cm³/mol. The first kappa shape index (κ1) is 37.0. The highest BCUT2D eigenvalue weighted by molar-refractivity contribution is 7.00. The van der Waals surface area contributed by atoms with Crippen molar-refractivity contribution < 1.29 is 28.2 Å². The molecular formula is C40H49BO6Si2. The van der Waals surface area contributed by atoms with Gasteiger partial charge in [-0.1, -0.05) is 163 Å². The van der Waals surface area contributed by atoms with Gasteiger partial charge in [-0.2, -0.15) is 0 Å². The summed E-state index contributed by atoms with van der Waals surface area (Å²) >= 11 is 0. The zero-order valence-electron chi connectivity index (χ0n) is 29.8. The number of esters is 1. The van der Waals surface area contributed by atoms with Crippen LogP contribution >= 0.6 is 0 Å². The summed E-state index contributed by atoms with van der Waals surface area (Å²) in [5.41, 5.74) is -1.47. The van der Waals surface area contributed by atoms with E-state index >= 15 is 0 Å². The molecule has 5 rings (SSSR count). The Morgan fingerprint density at radius 2 is 1.08 bits per heavy atom. The molecule has 0 unspecified atom stereocenters. The Bertz CT molecular complexity index is 1580. The van der Waals surface area contributed by atoms with Crippen LogP contribution in [0.2, 0.25) is 10.1 Å². The van der Waals surface area contributed by atoms with Gasteiger partial charge in [0.2, 0.25) is 0 Å². The van der Waals surface area contributed by atoms with Crippen LogP contribution in [0.25, 0.3) is 0 Å². The monoisotopic (exact) mass is 692 g/mol. The summed E-state index contributed by atoms with van der Waals surface area (Å²) in [7, 11) is 0.346. The van der Waals surface area contributed by atoms with Crippen molar-refractivity contribution in [3.8, 4) is 0 Å². The van der Waals surface area contributed by atoms with E-state index in [2.05, 4.69) is 90.1 Å². The van der Waals surface area contributed by atoms with Gasteiger partial charge in [-0.3, -0.25) is 4.79 Å². The first-order valence-electron chi connectivity index (χ1n) is 17.0. The molecule has 4 atom stereocenters. The second-order valence-electron chi connectivity index (χ2n) is 15.0. The lowest BCUT2D eigenvalue weighted by molar-refractivity contribution is -0.151. The number of hydrogen-bond acceptors (Lipinski definition) is 6. The molecule has 1 N–H and O–H groups in total. The van der Waals surface area contributed by atoms with Crippen molar-refractivity contribution in [1.29, 1.82) is 0 Å². The van der Waals surface area contributed by atoms with Gasteiger partial charge in [-0.05, 0) is 30.8 Å². The summed E-state index contributed by atoms with van der Waals surface area (Å²) in [5.74, 6) is -0.512. The van der Waals surface area contributed by atoms with Crippen molar-refractivity contribution in [3.05, 3.63) is 121 Å². The van der Waals surface area contributed by atoms with E-state index in [4.69, 9.17) is 26.2 Å². The van der Waals surface area contributed by atoms with Crippen LogP contribution < -0.4 is 20.7 Å². The fraction of sp³-hybridized carbons (Fsp3) is 0.375. The first-order chi connectivity index (χ1) is 23.2. The lowest BCUT2D eigenvalue weighted by atomic mass is 9.89. The van der Waals surface area contributed by atoms with Crippen LogP contribution in [-0.4, -0.2) is 72.6 Å². The fourth-order valence-corrected chi connectivity index (χ4v) is 16.9. The molecule has 1 heterocycles. The minimum Gasteiger partial charge on any atom is -0.458 e. The minimum atomic E-state index is -3.26. The smallest absolute Gasteiger partial charge is 0.303 e. The van der Waals surface area contributed by atoms with Gasteiger partial charge in [0, 0.05) is 6.92 Å². The average Bonchev–Trinajstić information content (AvgIpc) is 3.33. The highest BCUT2D eigenvalue weighted by Crippen LogP contribution is 2.44. The molecule has 2 radical (unpaired) electrons. The van der Waals surface area contributed by atoms with Gasteiger partial charge in [-0.15, -0.1) is 0 Å². The standard InChI is InChI=1S/C40H49BO6Si2/c1-30(43)45-35-36(47-49(39(5,6)7,33-24-16-10-17-25-33)34-26-18-11-19-27-34)40(28-42,46-37(35)41)29-44-48(38(2,3)4,31-20-12-8-13-21-31)32-22-14-9-15-23-32/h8-27,35-37,42H,28-29H2,1-7H3/t35-,36-,37+,40+/m0/s1. The molecule has 0 bridgehead atoms. The van der Waals surface area contributed by atoms with Gasteiger partial charge in [0.1, 0.15) is 25.7 Å². The van der Waals surface area contributed by atoms with Crippen LogP contribution in [0.5, 0.6) is 0 Å². The molecule has 49 heavy (non-hydrogen) atoms. The predicted octanol–water partition coefficient (Wildman–Crippen LogP) is 4.70. The average molecular weight is 693 g/mol. The van der Waals surface area contributed by atoms with Crippen LogP contribution in [0.4, 0.5) is 0 Å². The quantitative estimate of drug-likeness (QED) is 0.182.